The molecule has 1 atom stereocenters. The lowest BCUT2D eigenvalue weighted by Crippen LogP contribution is -2.17. The van der Waals surface area contributed by atoms with Gasteiger partial charge in [0.25, 0.3) is 0 Å². The summed E-state index contributed by atoms with van der Waals surface area (Å²) in [5.41, 5.74) is 7.16. The Balaban J connectivity index is 2.68. The second-order valence-electron chi connectivity index (χ2n) is 4.44. The topological polar surface area (TPSA) is 78.6 Å². The van der Waals surface area contributed by atoms with E-state index in [2.05, 4.69) is 6.58 Å². The Bertz CT molecular complexity index is 510. The van der Waals surface area contributed by atoms with E-state index in [-0.39, 0.29) is 6.61 Å². The predicted molar refractivity (Wildman–Crippen MR) is 75.0 cm³/mol. The lowest BCUT2D eigenvalue weighted by molar-refractivity contribution is -0.138. The van der Waals surface area contributed by atoms with Crippen LogP contribution in [0, 0.1) is 0 Å². The van der Waals surface area contributed by atoms with Gasteiger partial charge in [0, 0.05) is 12.0 Å². The van der Waals surface area contributed by atoms with Crippen molar-refractivity contribution < 1.29 is 19.1 Å². The minimum absolute atomic E-state index is 0.242. The van der Waals surface area contributed by atoms with Crippen LogP contribution in [0.4, 0.5) is 4.79 Å². The molecule has 0 aromatic heterocycles. The molecule has 20 heavy (non-hydrogen) atoms. The highest BCUT2D eigenvalue weighted by atomic mass is 16.6. The Kier molecular flexibility index (Phi) is 5.77. The molecular formula is C15H19NO4. The van der Waals surface area contributed by atoms with E-state index in [0.29, 0.717) is 12.0 Å². The number of carbonyl (C=O) groups excluding carboxylic acids is 2. The largest absolute Gasteiger partial charge is 0.462 e. The molecule has 1 rings (SSSR count). The zero-order chi connectivity index (χ0) is 15.1. The number of amides is 1. The Hall–Kier alpha value is -2.30. The molecule has 0 saturated heterocycles. The van der Waals surface area contributed by atoms with Crippen molar-refractivity contribution in [1.82, 2.24) is 0 Å². The average molecular weight is 277 g/mol. The lowest BCUT2D eigenvalue weighted by atomic mass is 10.0. The summed E-state index contributed by atoms with van der Waals surface area (Å²) in [6, 6.07) is 7.46. The molecule has 0 bridgehead atoms. The van der Waals surface area contributed by atoms with E-state index in [0.717, 1.165) is 11.1 Å². The van der Waals surface area contributed by atoms with Crippen LogP contribution in [-0.4, -0.2) is 18.7 Å². The van der Waals surface area contributed by atoms with E-state index < -0.39 is 18.2 Å². The second kappa shape index (κ2) is 7.33. The minimum Gasteiger partial charge on any atom is -0.462 e. The first-order valence-electron chi connectivity index (χ1n) is 6.28. The highest BCUT2D eigenvalue weighted by molar-refractivity contribution is 5.86. The second-order valence-corrected chi connectivity index (χ2v) is 4.44. The molecule has 5 heteroatoms. The standard InChI is InChI=1S/C15H19NO4/c1-10(2)14(17)19-9-8-12-6-4-5-7-13(12)11(3)20-15(16)18/h4-7,11H,1,8-9H2,2-3H3,(H2,16,18). The summed E-state index contributed by atoms with van der Waals surface area (Å²) in [6.45, 7) is 7.09. The van der Waals surface area contributed by atoms with Gasteiger partial charge in [-0.2, -0.15) is 0 Å². The molecule has 1 aromatic carbocycles. The van der Waals surface area contributed by atoms with Gasteiger partial charge < -0.3 is 15.2 Å². The molecule has 0 fully saturated rings. The highest BCUT2D eigenvalue weighted by Gasteiger charge is 2.13. The number of ether oxygens (including phenoxy) is 2. The van der Waals surface area contributed by atoms with Crippen molar-refractivity contribution in [2.45, 2.75) is 26.4 Å². The number of esters is 1. The first-order valence-corrected chi connectivity index (χ1v) is 6.28. The number of hydrogen-bond acceptors (Lipinski definition) is 4. The van der Waals surface area contributed by atoms with Gasteiger partial charge in [-0.3, -0.25) is 0 Å². The molecule has 0 aliphatic rings. The molecule has 1 unspecified atom stereocenters. The lowest BCUT2D eigenvalue weighted by Gasteiger charge is -2.16. The van der Waals surface area contributed by atoms with Crippen LogP contribution in [0.15, 0.2) is 36.4 Å². The summed E-state index contributed by atoms with van der Waals surface area (Å²) >= 11 is 0. The monoisotopic (exact) mass is 277 g/mol. The Labute approximate surface area is 118 Å². The van der Waals surface area contributed by atoms with Crippen LogP contribution in [0.25, 0.3) is 0 Å². The van der Waals surface area contributed by atoms with Crippen molar-refractivity contribution >= 4 is 12.1 Å². The molecule has 0 spiro atoms. The van der Waals surface area contributed by atoms with Crippen molar-refractivity contribution in [1.29, 1.82) is 0 Å². The van der Waals surface area contributed by atoms with Crippen LogP contribution in [0.1, 0.15) is 31.1 Å². The maximum Gasteiger partial charge on any atom is 0.405 e. The molecule has 108 valence electrons. The third kappa shape index (κ3) is 4.76. The Morgan fingerprint density at radius 2 is 2.00 bits per heavy atom. The smallest absolute Gasteiger partial charge is 0.405 e. The normalized spacial score (nSPS) is 11.5. The molecule has 0 aliphatic carbocycles. The SMILES string of the molecule is C=C(C)C(=O)OCCc1ccccc1C(C)OC(N)=O. The van der Waals surface area contributed by atoms with E-state index >= 15 is 0 Å². The van der Waals surface area contributed by atoms with Gasteiger partial charge in [0.1, 0.15) is 6.10 Å². The van der Waals surface area contributed by atoms with E-state index in [1.165, 1.54) is 0 Å². The number of benzene rings is 1. The van der Waals surface area contributed by atoms with Gasteiger partial charge in [-0.15, -0.1) is 0 Å². The maximum absolute atomic E-state index is 11.3. The fourth-order valence-electron chi connectivity index (χ4n) is 1.77. The molecular weight excluding hydrogens is 258 g/mol. The fraction of sp³-hybridized carbons (Fsp3) is 0.333. The van der Waals surface area contributed by atoms with Crippen molar-refractivity contribution in [2.24, 2.45) is 5.73 Å². The molecule has 0 saturated carbocycles. The van der Waals surface area contributed by atoms with E-state index in [4.69, 9.17) is 15.2 Å². The highest BCUT2D eigenvalue weighted by Crippen LogP contribution is 2.21. The number of primary amides is 1. The molecule has 2 N–H and O–H groups in total. The van der Waals surface area contributed by atoms with Gasteiger partial charge in [0.2, 0.25) is 0 Å². The first-order chi connectivity index (χ1) is 9.41. The third-order valence-corrected chi connectivity index (χ3v) is 2.74. The van der Waals surface area contributed by atoms with Gasteiger partial charge >= 0.3 is 12.1 Å². The van der Waals surface area contributed by atoms with E-state index in [1.807, 2.05) is 24.3 Å². The predicted octanol–water partition coefficient (Wildman–Crippen LogP) is 2.50. The summed E-state index contributed by atoms with van der Waals surface area (Å²) in [5.74, 6) is -0.413. The molecule has 0 heterocycles. The molecule has 1 amide bonds. The maximum atomic E-state index is 11.3. The van der Waals surface area contributed by atoms with Crippen molar-refractivity contribution in [3.8, 4) is 0 Å². The van der Waals surface area contributed by atoms with Gasteiger partial charge in [-0.1, -0.05) is 30.8 Å². The average Bonchev–Trinajstić information content (AvgIpc) is 2.38. The number of carbonyl (C=O) groups is 2. The number of rotatable bonds is 6. The summed E-state index contributed by atoms with van der Waals surface area (Å²) in [5, 5.41) is 0. The van der Waals surface area contributed by atoms with Crippen molar-refractivity contribution in [3.63, 3.8) is 0 Å². The molecule has 0 radical (unpaired) electrons. The summed E-state index contributed by atoms with van der Waals surface area (Å²) < 4.78 is 10.0. The molecule has 0 aliphatic heterocycles. The van der Waals surface area contributed by atoms with Crippen LogP contribution in [0.5, 0.6) is 0 Å². The first kappa shape index (κ1) is 15.8. The van der Waals surface area contributed by atoms with Gasteiger partial charge in [0.05, 0.1) is 6.61 Å². The zero-order valence-corrected chi connectivity index (χ0v) is 11.7. The quantitative estimate of drug-likeness (QED) is 0.640. The number of nitrogens with two attached hydrogens (primary N) is 1. The summed E-state index contributed by atoms with van der Waals surface area (Å²) in [4.78, 5) is 22.1. The summed E-state index contributed by atoms with van der Waals surface area (Å²) in [6.07, 6.45) is -0.733. The van der Waals surface area contributed by atoms with Crippen LogP contribution in [-0.2, 0) is 20.7 Å². The van der Waals surface area contributed by atoms with Gasteiger partial charge in [0.15, 0.2) is 0 Å². The van der Waals surface area contributed by atoms with E-state index in [9.17, 15) is 9.59 Å². The number of hydrogen-bond donors (Lipinski definition) is 1. The third-order valence-electron chi connectivity index (χ3n) is 2.74. The van der Waals surface area contributed by atoms with Crippen LogP contribution >= 0.6 is 0 Å². The van der Waals surface area contributed by atoms with Gasteiger partial charge in [-0.05, 0) is 25.0 Å². The zero-order valence-electron chi connectivity index (χ0n) is 11.7. The fourth-order valence-corrected chi connectivity index (χ4v) is 1.77. The minimum atomic E-state index is -0.819. The van der Waals surface area contributed by atoms with E-state index in [1.54, 1.807) is 13.8 Å². The van der Waals surface area contributed by atoms with Gasteiger partial charge in [-0.25, -0.2) is 9.59 Å². The molecule has 5 nitrogen and oxygen atoms in total. The summed E-state index contributed by atoms with van der Waals surface area (Å²) in [7, 11) is 0. The van der Waals surface area contributed by atoms with Crippen molar-refractivity contribution in [3.05, 3.63) is 47.5 Å². The Morgan fingerprint density at radius 1 is 1.35 bits per heavy atom. The van der Waals surface area contributed by atoms with Crippen molar-refractivity contribution in [2.75, 3.05) is 6.61 Å². The van der Waals surface area contributed by atoms with Crippen LogP contribution < -0.4 is 5.73 Å². The van der Waals surface area contributed by atoms with Crippen LogP contribution in [0.3, 0.4) is 0 Å². The molecule has 1 aromatic rings. The Morgan fingerprint density at radius 3 is 2.60 bits per heavy atom. The van der Waals surface area contributed by atoms with Crippen LogP contribution in [0.2, 0.25) is 0 Å².